The molecule has 1 atom stereocenters. The molecule has 0 radical (unpaired) electrons. The number of amides is 2. The van der Waals surface area contributed by atoms with Gasteiger partial charge in [-0.3, -0.25) is 14.5 Å². The fourth-order valence-electron chi connectivity index (χ4n) is 4.16. The Kier molecular flexibility index (Phi) is 7.22. The summed E-state index contributed by atoms with van der Waals surface area (Å²) in [5.74, 6) is -1.27. The molecule has 1 aliphatic carbocycles. The highest BCUT2D eigenvalue weighted by Crippen LogP contribution is 2.35. The molecule has 1 aromatic heterocycles. The van der Waals surface area contributed by atoms with Crippen LogP contribution in [-0.2, 0) is 16.0 Å². The molecule has 7 heteroatoms. The van der Waals surface area contributed by atoms with Crippen LogP contribution >= 0.6 is 22.9 Å². The number of thiophene rings is 1. The van der Waals surface area contributed by atoms with Gasteiger partial charge in [0, 0.05) is 16.5 Å². The summed E-state index contributed by atoms with van der Waals surface area (Å²) >= 11 is 7.93. The van der Waals surface area contributed by atoms with Gasteiger partial charge in [-0.15, -0.1) is 11.3 Å². The van der Waals surface area contributed by atoms with Crippen LogP contribution in [0.2, 0.25) is 5.02 Å². The van der Waals surface area contributed by atoms with Crippen molar-refractivity contribution in [2.75, 3.05) is 4.90 Å². The average Bonchev–Trinajstić information content (AvgIpc) is 3.48. The van der Waals surface area contributed by atoms with Crippen molar-refractivity contribution in [1.82, 2.24) is 5.32 Å². The molecule has 0 spiro atoms. The Bertz CT molecular complexity index is 1080. The number of para-hydroxylation sites is 1. The molecule has 1 fully saturated rings. The van der Waals surface area contributed by atoms with Gasteiger partial charge in [0.15, 0.2) is 0 Å². The molecule has 2 aromatic carbocycles. The smallest absolute Gasteiger partial charge is 0.248 e. The van der Waals surface area contributed by atoms with Crippen molar-refractivity contribution < 1.29 is 14.0 Å². The van der Waals surface area contributed by atoms with Gasteiger partial charge in [0.1, 0.15) is 11.9 Å². The summed E-state index contributed by atoms with van der Waals surface area (Å²) in [6, 6.07) is 15.5. The molecule has 1 saturated carbocycles. The number of benzene rings is 2. The first kappa shape index (κ1) is 22.5. The van der Waals surface area contributed by atoms with Crippen LogP contribution in [0.4, 0.5) is 10.1 Å². The van der Waals surface area contributed by atoms with E-state index in [2.05, 4.69) is 5.32 Å². The lowest BCUT2D eigenvalue weighted by Gasteiger charge is -2.33. The normalized spacial score (nSPS) is 14.8. The third-order valence-electron chi connectivity index (χ3n) is 5.69. The molecule has 0 saturated heterocycles. The molecule has 1 heterocycles. The highest BCUT2D eigenvalue weighted by Gasteiger charge is 2.36. The van der Waals surface area contributed by atoms with Crippen molar-refractivity contribution in [3.05, 3.63) is 87.3 Å². The van der Waals surface area contributed by atoms with E-state index in [1.165, 1.54) is 22.3 Å². The lowest BCUT2D eigenvalue weighted by Crippen LogP contribution is -2.47. The van der Waals surface area contributed by atoms with Crippen LogP contribution in [0.15, 0.2) is 66.0 Å². The molecule has 4 nitrogen and oxygen atoms in total. The zero-order valence-corrected chi connectivity index (χ0v) is 19.0. The summed E-state index contributed by atoms with van der Waals surface area (Å²) < 4.78 is 15.0. The number of halogens is 2. The maximum absolute atomic E-state index is 15.0. The van der Waals surface area contributed by atoms with Gasteiger partial charge < -0.3 is 5.32 Å². The van der Waals surface area contributed by atoms with E-state index in [1.54, 1.807) is 42.5 Å². The van der Waals surface area contributed by atoms with Crippen LogP contribution in [-0.4, -0.2) is 17.9 Å². The van der Waals surface area contributed by atoms with E-state index < -0.39 is 17.8 Å². The van der Waals surface area contributed by atoms with Crippen molar-refractivity contribution in [3.8, 4) is 0 Å². The number of nitrogens with zero attached hydrogens (tertiary/aromatic N) is 1. The Hall–Kier alpha value is -2.70. The Morgan fingerprint density at radius 1 is 1.06 bits per heavy atom. The van der Waals surface area contributed by atoms with Crippen LogP contribution in [0, 0.1) is 5.82 Å². The molecule has 4 rings (SSSR count). The van der Waals surface area contributed by atoms with Crippen LogP contribution < -0.4 is 10.2 Å². The minimum atomic E-state index is -1.18. The Balaban J connectivity index is 1.79. The van der Waals surface area contributed by atoms with E-state index in [0.717, 1.165) is 30.6 Å². The lowest BCUT2D eigenvalue weighted by molar-refractivity contribution is -0.127. The largest absolute Gasteiger partial charge is 0.351 e. The standard InChI is InChI=1S/C25H24ClFN2O2S/c26-20-12-4-6-14-22(20)29(23(30)16-18-10-7-15-32-18)24(19-11-3-5-13-21(19)27)25(31)28-17-8-1-2-9-17/h3-7,10-15,17,24H,1-2,8-9,16H2,(H,28,31). The van der Waals surface area contributed by atoms with E-state index >= 15 is 0 Å². The molecular formula is C25H24ClFN2O2S. The number of carbonyl (C=O) groups is 2. The number of nitrogens with one attached hydrogen (secondary N) is 1. The average molecular weight is 471 g/mol. The highest BCUT2D eigenvalue weighted by atomic mass is 35.5. The maximum atomic E-state index is 15.0. The second-order valence-electron chi connectivity index (χ2n) is 7.89. The molecule has 0 bridgehead atoms. The van der Waals surface area contributed by atoms with Gasteiger partial charge in [0.05, 0.1) is 17.1 Å². The zero-order chi connectivity index (χ0) is 22.5. The van der Waals surface area contributed by atoms with E-state index in [1.807, 2.05) is 17.5 Å². The predicted octanol–water partition coefficient (Wildman–Crippen LogP) is 5.92. The Morgan fingerprint density at radius 2 is 1.78 bits per heavy atom. The van der Waals surface area contributed by atoms with E-state index in [4.69, 9.17) is 11.6 Å². The molecule has 1 N–H and O–H groups in total. The fraction of sp³-hybridized carbons (Fsp3) is 0.280. The van der Waals surface area contributed by atoms with Crippen molar-refractivity contribution in [2.24, 2.45) is 0 Å². The van der Waals surface area contributed by atoms with Crippen molar-refractivity contribution >= 4 is 40.4 Å². The fourth-order valence-corrected chi connectivity index (χ4v) is 5.08. The number of carbonyl (C=O) groups excluding carboxylic acids is 2. The van der Waals surface area contributed by atoms with Crippen LogP contribution in [0.1, 0.15) is 42.2 Å². The maximum Gasteiger partial charge on any atom is 0.248 e. The molecule has 32 heavy (non-hydrogen) atoms. The van der Waals surface area contributed by atoms with Crippen molar-refractivity contribution in [3.63, 3.8) is 0 Å². The summed E-state index contributed by atoms with van der Waals surface area (Å²) in [5.41, 5.74) is 0.521. The molecule has 3 aromatic rings. The molecular weight excluding hydrogens is 447 g/mol. The van der Waals surface area contributed by atoms with E-state index in [9.17, 15) is 14.0 Å². The lowest BCUT2D eigenvalue weighted by atomic mass is 10.0. The topological polar surface area (TPSA) is 49.4 Å². The molecule has 1 unspecified atom stereocenters. The van der Waals surface area contributed by atoms with Crippen LogP contribution in [0.5, 0.6) is 0 Å². The predicted molar refractivity (Wildman–Crippen MR) is 127 cm³/mol. The summed E-state index contributed by atoms with van der Waals surface area (Å²) in [7, 11) is 0. The number of hydrogen-bond donors (Lipinski definition) is 1. The quantitative estimate of drug-likeness (QED) is 0.466. The van der Waals surface area contributed by atoms with E-state index in [0.29, 0.717) is 10.7 Å². The Labute approximate surface area is 196 Å². The molecule has 2 amide bonds. The van der Waals surface area contributed by atoms with Gasteiger partial charge >= 0.3 is 0 Å². The minimum absolute atomic E-state index is 0.0252. The molecule has 1 aliphatic rings. The van der Waals surface area contributed by atoms with Gasteiger partial charge in [-0.25, -0.2) is 4.39 Å². The summed E-state index contributed by atoms with van der Waals surface area (Å²) in [5, 5.41) is 5.26. The van der Waals surface area contributed by atoms with Gasteiger partial charge in [0.25, 0.3) is 0 Å². The van der Waals surface area contributed by atoms with Crippen molar-refractivity contribution in [1.29, 1.82) is 0 Å². The van der Waals surface area contributed by atoms with Crippen LogP contribution in [0.25, 0.3) is 0 Å². The summed E-state index contributed by atoms with van der Waals surface area (Å²) in [4.78, 5) is 29.4. The Morgan fingerprint density at radius 3 is 2.47 bits per heavy atom. The minimum Gasteiger partial charge on any atom is -0.351 e. The van der Waals surface area contributed by atoms with Crippen molar-refractivity contribution in [2.45, 2.75) is 44.2 Å². The van der Waals surface area contributed by atoms with Gasteiger partial charge in [-0.05, 0) is 42.5 Å². The van der Waals surface area contributed by atoms with Gasteiger partial charge in [-0.2, -0.15) is 0 Å². The first-order chi connectivity index (χ1) is 15.5. The first-order valence-corrected chi connectivity index (χ1v) is 11.9. The second-order valence-corrected chi connectivity index (χ2v) is 9.32. The van der Waals surface area contributed by atoms with E-state index in [-0.39, 0.29) is 23.9 Å². The third kappa shape index (κ3) is 5.03. The molecule has 0 aliphatic heterocycles. The zero-order valence-electron chi connectivity index (χ0n) is 17.5. The molecule has 166 valence electrons. The van der Waals surface area contributed by atoms with Crippen LogP contribution in [0.3, 0.4) is 0 Å². The number of rotatable bonds is 7. The van der Waals surface area contributed by atoms with Gasteiger partial charge in [-0.1, -0.05) is 60.8 Å². The number of anilines is 1. The summed E-state index contributed by atoms with van der Waals surface area (Å²) in [6.07, 6.45) is 3.93. The monoisotopic (exact) mass is 470 g/mol. The first-order valence-electron chi connectivity index (χ1n) is 10.7. The number of hydrogen-bond acceptors (Lipinski definition) is 3. The van der Waals surface area contributed by atoms with Gasteiger partial charge in [0.2, 0.25) is 11.8 Å². The highest BCUT2D eigenvalue weighted by molar-refractivity contribution is 7.10. The SMILES string of the molecule is O=C(NC1CCCC1)C(c1ccccc1F)N(C(=O)Cc1cccs1)c1ccccc1Cl. The summed E-state index contributed by atoms with van der Waals surface area (Å²) in [6.45, 7) is 0. The second kappa shape index (κ2) is 10.3. The third-order valence-corrected chi connectivity index (χ3v) is 6.89.